The molecule has 0 aromatic rings. The summed E-state index contributed by atoms with van der Waals surface area (Å²) in [5.41, 5.74) is 0. The van der Waals surface area contributed by atoms with Crippen molar-refractivity contribution < 1.29 is 18.3 Å². The topological polar surface area (TPSA) is 23.5 Å². The fourth-order valence-corrected chi connectivity index (χ4v) is 0.738. The van der Waals surface area contributed by atoms with Crippen molar-refractivity contribution in [3.05, 3.63) is 0 Å². The van der Waals surface area contributed by atoms with E-state index in [1.165, 1.54) is 0 Å². The molecular formula is C7H10F3NO. The van der Waals surface area contributed by atoms with Crippen molar-refractivity contribution in [2.45, 2.75) is 6.18 Å². The summed E-state index contributed by atoms with van der Waals surface area (Å²) in [4.78, 5) is 0.958. The van der Waals surface area contributed by atoms with E-state index in [1.807, 2.05) is 0 Å². The molecule has 0 aliphatic carbocycles. The molecule has 0 amide bonds. The Kier molecular flexibility index (Phi) is 4.71. The van der Waals surface area contributed by atoms with Gasteiger partial charge in [0.05, 0.1) is 19.7 Å². The minimum atomic E-state index is -4.26. The Morgan fingerprint density at radius 1 is 1.42 bits per heavy atom. The number of terminal acetylenes is 1. The molecule has 0 unspecified atom stereocenters. The number of rotatable bonds is 4. The second-order valence-electron chi connectivity index (χ2n) is 2.25. The van der Waals surface area contributed by atoms with Crippen LogP contribution in [0.5, 0.6) is 0 Å². The van der Waals surface area contributed by atoms with Crippen molar-refractivity contribution in [1.29, 1.82) is 0 Å². The highest BCUT2D eigenvalue weighted by atomic mass is 19.4. The third-order valence-electron chi connectivity index (χ3n) is 1.13. The summed E-state index contributed by atoms with van der Waals surface area (Å²) in [5, 5.41) is 8.38. The van der Waals surface area contributed by atoms with Gasteiger partial charge in [0.2, 0.25) is 0 Å². The Morgan fingerprint density at radius 2 is 2.00 bits per heavy atom. The molecule has 0 aromatic heterocycles. The van der Waals surface area contributed by atoms with Gasteiger partial charge in [0.1, 0.15) is 0 Å². The number of aliphatic hydroxyl groups excluding tert-OH is 1. The maximum absolute atomic E-state index is 11.8. The molecule has 0 atom stereocenters. The molecule has 0 saturated carbocycles. The Bertz CT molecular complexity index is 161. The standard InChI is InChI=1S/C7H10F3NO/c1-2-3-11(4-5-12)6-7(8,9)10/h1,12H,3-6H2. The van der Waals surface area contributed by atoms with Crippen molar-refractivity contribution in [3.8, 4) is 12.3 Å². The zero-order valence-corrected chi connectivity index (χ0v) is 6.43. The van der Waals surface area contributed by atoms with Gasteiger partial charge in [-0.25, -0.2) is 0 Å². The van der Waals surface area contributed by atoms with Crippen molar-refractivity contribution >= 4 is 0 Å². The number of hydrogen-bond donors (Lipinski definition) is 1. The van der Waals surface area contributed by atoms with Crippen LogP contribution in [0.3, 0.4) is 0 Å². The minimum Gasteiger partial charge on any atom is -0.395 e. The summed E-state index contributed by atoms with van der Waals surface area (Å²) in [6.07, 6.45) is 0.580. The summed E-state index contributed by atoms with van der Waals surface area (Å²) in [5.74, 6) is 2.09. The summed E-state index contributed by atoms with van der Waals surface area (Å²) in [6.45, 7) is -1.54. The first kappa shape index (κ1) is 11.3. The molecule has 5 heteroatoms. The van der Waals surface area contributed by atoms with Crippen LogP contribution in [0, 0.1) is 12.3 Å². The fourth-order valence-electron chi connectivity index (χ4n) is 0.738. The van der Waals surface area contributed by atoms with Crippen LogP contribution < -0.4 is 0 Å². The zero-order valence-electron chi connectivity index (χ0n) is 6.43. The molecule has 0 radical (unpaired) electrons. The summed E-state index contributed by atoms with van der Waals surface area (Å²) < 4.78 is 35.3. The van der Waals surface area contributed by atoms with Gasteiger partial charge >= 0.3 is 6.18 Å². The third kappa shape index (κ3) is 6.01. The van der Waals surface area contributed by atoms with E-state index in [4.69, 9.17) is 11.5 Å². The van der Waals surface area contributed by atoms with Crippen LogP contribution in [0.15, 0.2) is 0 Å². The van der Waals surface area contributed by atoms with Gasteiger partial charge in [0, 0.05) is 6.54 Å². The molecule has 0 heterocycles. The number of aliphatic hydroxyl groups is 1. The molecule has 0 bridgehead atoms. The minimum absolute atomic E-state index is 0.0519. The van der Waals surface area contributed by atoms with E-state index in [-0.39, 0.29) is 19.7 Å². The van der Waals surface area contributed by atoms with Crippen molar-refractivity contribution in [2.24, 2.45) is 0 Å². The monoisotopic (exact) mass is 181 g/mol. The first-order valence-corrected chi connectivity index (χ1v) is 3.33. The lowest BCUT2D eigenvalue weighted by atomic mass is 10.4. The third-order valence-corrected chi connectivity index (χ3v) is 1.13. The van der Waals surface area contributed by atoms with Gasteiger partial charge < -0.3 is 5.11 Å². The van der Waals surface area contributed by atoms with E-state index in [0.717, 1.165) is 4.90 Å². The van der Waals surface area contributed by atoms with Gasteiger partial charge in [0.15, 0.2) is 0 Å². The van der Waals surface area contributed by atoms with E-state index in [0.29, 0.717) is 0 Å². The molecule has 0 aliphatic rings. The van der Waals surface area contributed by atoms with Crippen molar-refractivity contribution in [3.63, 3.8) is 0 Å². The number of alkyl halides is 3. The maximum atomic E-state index is 11.8. The van der Waals surface area contributed by atoms with E-state index in [2.05, 4.69) is 5.92 Å². The molecule has 70 valence electrons. The normalized spacial score (nSPS) is 11.7. The second-order valence-corrected chi connectivity index (χ2v) is 2.25. The Labute approximate surface area is 69.0 Å². The molecular weight excluding hydrogens is 171 g/mol. The zero-order chi connectivity index (χ0) is 9.61. The predicted octanol–water partition coefficient (Wildman–Crippen LogP) is 0.476. The quantitative estimate of drug-likeness (QED) is 0.637. The van der Waals surface area contributed by atoms with E-state index < -0.39 is 12.7 Å². The molecule has 0 saturated heterocycles. The average molecular weight is 181 g/mol. The molecule has 2 nitrogen and oxygen atoms in total. The highest BCUT2D eigenvalue weighted by Gasteiger charge is 2.29. The van der Waals surface area contributed by atoms with Crippen LogP contribution in [-0.4, -0.2) is 42.4 Å². The van der Waals surface area contributed by atoms with Gasteiger partial charge in [-0.15, -0.1) is 6.42 Å². The largest absolute Gasteiger partial charge is 0.401 e. The summed E-state index contributed by atoms with van der Waals surface area (Å²) in [6, 6.07) is 0. The smallest absolute Gasteiger partial charge is 0.395 e. The lowest BCUT2D eigenvalue weighted by molar-refractivity contribution is -0.145. The van der Waals surface area contributed by atoms with Crippen molar-refractivity contribution in [1.82, 2.24) is 4.90 Å². The Hall–Kier alpha value is -0.730. The van der Waals surface area contributed by atoms with Crippen LogP contribution in [0.1, 0.15) is 0 Å². The number of hydrogen-bond acceptors (Lipinski definition) is 2. The number of nitrogens with zero attached hydrogens (tertiary/aromatic N) is 1. The Balaban J connectivity index is 3.88. The summed E-state index contributed by atoms with van der Waals surface area (Å²) in [7, 11) is 0. The first-order valence-electron chi connectivity index (χ1n) is 3.33. The molecule has 12 heavy (non-hydrogen) atoms. The SMILES string of the molecule is C#CCN(CCO)CC(F)(F)F. The lowest BCUT2D eigenvalue weighted by Crippen LogP contribution is -2.36. The molecule has 0 rings (SSSR count). The molecule has 0 aliphatic heterocycles. The van der Waals surface area contributed by atoms with Crippen LogP contribution in [-0.2, 0) is 0 Å². The van der Waals surface area contributed by atoms with Gasteiger partial charge in [0.25, 0.3) is 0 Å². The average Bonchev–Trinajstić information content (AvgIpc) is 1.84. The summed E-state index contributed by atoms with van der Waals surface area (Å²) >= 11 is 0. The van der Waals surface area contributed by atoms with E-state index >= 15 is 0 Å². The van der Waals surface area contributed by atoms with Crippen LogP contribution >= 0.6 is 0 Å². The second kappa shape index (κ2) is 5.01. The van der Waals surface area contributed by atoms with Crippen LogP contribution in [0.2, 0.25) is 0 Å². The van der Waals surface area contributed by atoms with Crippen molar-refractivity contribution in [2.75, 3.05) is 26.2 Å². The predicted molar refractivity (Wildman–Crippen MR) is 38.4 cm³/mol. The van der Waals surface area contributed by atoms with Gasteiger partial charge in [-0.3, -0.25) is 4.90 Å². The first-order chi connectivity index (χ1) is 5.49. The highest BCUT2D eigenvalue weighted by Crippen LogP contribution is 2.15. The molecule has 1 N–H and O–H groups in total. The van der Waals surface area contributed by atoms with Gasteiger partial charge in [-0.1, -0.05) is 5.92 Å². The highest BCUT2D eigenvalue weighted by molar-refractivity contribution is 4.88. The number of halogens is 3. The van der Waals surface area contributed by atoms with Gasteiger partial charge in [-0.05, 0) is 0 Å². The van der Waals surface area contributed by atoms with Gasteiger partial charge in [-0.2, -0.15) is 13.2 Å². The molecule has 0 spiro atoms. The Morgan fingerprint density at radius 3 is 2.33 bits per heavy atom. The lowest BCUT2D eigenvalue weighted by Gasteiger charge is -2.19. The van der Waals surface area contributed by atoms with E-state index in [1.54, 1.807) is 0 Å². The fraction of sp³-hybridized carbons (Fsp3) is 0.714. The molecule has 0 aromatic carbocycles. The van der Waals surface area contributed by atoms with E-state index in [9.17, 15) is 13.2 Å². The van der Waals surface area contributed by atoms with Crippen LogP contribution in [0.4, 0.5) is 13.2 Å². The molecule has 0 fully saturated rings. The maximum Gasteiger partial charge on any atom is 0.401 e. The van der Waals surface area contributed by atoms with Crippen LogP contribution in [0.25, 0.3) is 0 Å².